The number of nitrogens with zero attached hydrogens (tertiary/aromatic N) is 1. The smallest absolute Gasteiger partial charge is 0.326 e. The summed E-state index contributed by atoms with van der Waals surface area (Å²) in [5.41, 5.74) is 2.05. The molecule has 0 bridgehead atoms. The van der Waals surface area contributed by atoms with E-state index in [1.165, 1.54) is 0 Å². The van der Waals surface area contributed by atoms with Crippen LogP contribution in [-0.4, -0.2) is 22.1 Å². The van der Waals surface area contributed by atoms with Gasteiger partial charge in [0, 0.05) is 18.0 Å². The third kappa shape index (κ3) is 3.31. The number of aliphatic carboxylic acids is 1. The van der Waals surface area contributed by atoms with Crippen molar-refractivity contribution in [3.05, 3.63) is 71.9 Å². The van der Waals surface area contributed by atoms with Crippen molar-refractivity contribution in [3.8, 4) is 0 Å². The molecule has 0 saturated heterocycles. The number of rotatable bonds is 5. The zero-order valence-corrected chi connectivity index (χ0v) is 12.9. The van der Waals surface area contributed by atoms with Gasteiger partial charge in [0.15, 0.2) is 0 Å². The Morgan fingerprint density at radius 3 is 2.43 bits per heavy atom. The number of benzene rings is 2. The van der Waals surface area contributed by atoms with Crippen LogP contribution in [0.1, 0.15) is 11.1 Å². The Morgan fingerprint density at radius 2 is 1.74 bits per heavy atom. The number of nitrogens with one attached hydrogen (secondary N) is 1. The monoisotopic (exact) mass is 306 g/mol. The molecule has 1 heterocycles. The minimum absolute atomic E-state index is 0.403. The molecule has 0 aliphatic carbocycles. The summed E-state index contributed by atoms with van der Waals surface area (Å²) >= 11 is 0. The average molecular weight is 306 g/mol. The fraction of sp³-hybridized carbons (Fsp3) is 0.158. The molecule has 0 aliphatic heterocycles. The highest BCUT2D eigenvalue weighted by molar-refractivity contribution is 5.95. The Bertz CT molecular complexity index is 831. The topological polar surface area (TPSA) is 62.2 Å². The molecule has 0 aliphatic rings. The molecule has 1 atom stereocenters. The first kappa shape index (κ1) is 15.0. The minimum atomic E-state index is -0.889. The summed E-state index contributed by atoms with van der Waals surface area (Å²) in [5.74, 6) is -0.283. The maximum absolute atomic E-state index is 11.6. The molecule has 3 rings (SSSR count). The molecular formula is C19H18N2O2. The zero-order valence-electron chi connectivity index (χ0n) is 12.9. The molecule has 0 spiro atoms. The van der Waals surface area contributed by atoms with E-state index in [4.69, 9.17) is 0 Å². The average Bonchev–Trinajstić information content (AvgIpc) is 2.57. The van der Waals surface area contributed by atoms with Crippen LogP contribution in [-0.2, 0) is 11.2 Å². The Balaban J connectivity index is 1.92. The van der Waals surface area contributed by atoms with Gasteiger partial charge in [-0.3, -0.25) is 0 Å². The molecule has 0 saturated carbocycles. The van der Waals surface area contributed by atoms with Gasteiger partial charge in [-0.25, -0.2) is 9.78 Å². The molecule has 4 heteroatoms. The number of aromatic nitrogens is 1. The predicted octanol–water partition coefficient (Wildman–Crippen LogP) is 3.65. The fourth-order valence-electron chi connectivity index (χ4n) is 2.66. The Morgan fingerprint density at radius 1 is 1.09 bits per heavy atom. The van der Waals surface area contributed by atoms with Gasteiger partial charge in [0.05, 0.1) is 0 Å². The number of aryl methyl sites for hydroxylation is 1. The summed E-state index contributed by atoms with van der Waals surface area (Å²) in [6.07, 6.45) is 2.17. The highest BCUT2D eigenvalue weighted by atomic mass is 16.4. The maximum Gasteiger partial charge on any atom is 0.326 e. The molecule has 0 amide bonds. The number of hydrogen-bond donors (Lipinski definition) is 2. The maximum atomic E-state index is 11.6. The summed E-state index contributed by atoms with van der Waals surface area (Å²) in [5, 5.41) is 14.6. The van der Waals surface area contributed by atoms with Gasteiger partial charge in [-0.1, -0.05) is 54.6 Å². The predicted molar refractivity (Wildman–Crippen MR) is 91.7 cm³/mol. The number of carboxylic acid groups (broad SMARTS) is 1. The lowest BCUT2D eigenvalue weighted by molar-refractivity contribution is -0.137. The standard InChI is InChI=1S/C19H18N2O2/c1-13-12-20-18(16-10-6-5-9-15(13)16)21-17(19(22)23)11-14-7-3-2-4-8-14/h2-10,12,17H,11H2,1H3,(H,20,21)(H,22,23). The van der Waals surface area contributed by atoms with Crippen LogP contribution in [0.25, 0.3) is 10.8 Å². The number of pyridine rings is 1. The summed E-state index contributed by atoms with van der Waals surface area (Å²) in [6.45, 7) is 2.00. The molecule has 0 fully saturated rings. The molecule has 2 N–H and O–H groups in total. The molecule has 3 aromatic rings. The third-order valence-electron chi connectivity index (χ3n) is 3.89. The Hall–Kier alpha value is -2.88. The van der Waals surface area contributed by atoms with Gasteiger partial charge in [0.2, 0.25) is 0 Å². The normalized spacial score (nSPS) is 12.0. The molecule has 2 aromatic carbocycles. The molecule has 1 unspecified atom stereocenters. The van der Waals surface area contributed by atoms with E-state index in [1.54, 1.807) is 6.20 Å². The summed E-state index contributed by atoms with van der Waals surface area (Å²) < 4.78 is 0. The summed E-state index contributed by atoms with van der Waals surface area (Å²) in [6, 6.07) is 16.7. The van der Waals surface area contributed by atoms with E-state index < -0.39 is 12.0 Å². The highest BCUT2D eigenvalue weighted by Crippen LogP contribution is 2.24. The van der Waals surface area contributed by atoms with Crippen molar-refractivity contribution in [3.63, 3.8) is 0 Å². The van der Waals surface area contributed by atoms with Crippen molar-refractivity contribution in [2.24, 2.45) is 0 Å². The number of anilines is 1. The van der Waals surface area contributed by atoms with Crippen molar-refractivity contribution < 1.29 is 9.90 Å². The van der Waals surface area contributed by atoms with E-state index in [-0.39, 0.29) is 0 Å². The van der Waals surface area contributed by atoms with Crippen molar-refractivity contribution >= 4 is 22.6 Å². The van der Waals surface area contributed by atoms with Crippen LogP contribution in [0.15, 0.2) is 60.8 Å². The highest BCUT2D eigenvalue weighted by Gasteiger charge is 2.19. The lowest BCUT2D eigenvalue weighted by Crippen LogP contribution is -2.32. The Kier molecular flexibility index (Phi) is 4.24. The van der Waals surface area contributed by atoms with Gasteiger partial charge in [-0.05, 0) is 23.4 Å². The van der Waals surface area contributed by atoms with E-state index >= 15 is 0 Å². The molecule has 1 aromatic heterocycles. The van der Waals surface area contributed by atoms with Gasteiger partial charge in [-0.15, -0.1) is 0 Å². The molecule has 116 valence electrons. The van der Waals surface area contributed by atoms with E-state index in [9.17, 15) is 9.90 Å². The first-order valence-corrected chi connectivity index (χ1v) is 7.53. The molecule has 23 heavy (non-hydrogen) atoms. The van der Waals surface area contributed by atoms with Crippen molar-refractivity contribution in [2.45, 2.75) is 19.4 Å². The second-order valence-electron chi connectivity index (χ2n) is 5.56. The largest absolute Gasteiger partial charge is 0.480 e. The first-order chi connectivity index (χ1) is 11.1. The van der Waals surface area contributed by atoms with Crippen LogP contribution in [0.2, 0.25) is 0 Å². The van der Waals surface area contributed by atoms with Crippen LogP contribution in [0, 0.1) is 6.92 Å². The van der Waals surface area contributed by atoms with Gasteiger partial charge in [-0.2, -0.15) is 0 Å². The lowest BCUT2D eigenvalue weighted by Gasteiger charge is -2.17. The Labute approximate surface area is 134 Å². The van der Waals surface area contributed by atoms with Crippen molar-refractivity contribution in [1.29, 1.82) is 0 Å². The number of carbonyl (C=O) groups is 1. The van der Waals surface area contributed by atoms with Crippen LogP contribution < -0.4 is 5.32 Å². The quantitative estimate of drug-likeness (QED) is 0.755. The summed E-state index contributed by atoms with van der Waals surface area (Å²) in [7, 11) is 0. The van der Waals surface area contributed by atoms with Gasteiger partial charge < -0.3 is 10.4 Å². The SMILES string of the molecule is Cc1cnc(NC(Cc2ccccc2)C(=O)O)c2ccccc12. The molecular weight excluding hydrogens is 288 g/mol. The van der Waals surface area contributed by atoms with Gasteiger partial charge >= 0.3 is 5.97 Å². The van der Waals surface area contributed by atoms with E-state index in [1.807, 2.05) is 61.5 Å². The van der Waals surface area contributed by atoms with Gasteiger partial charge in [0.1, 0.15) is 11.9 Å². The summed E-state index contributed by atoms with van der Waals surface area (Å²) in [4.78, 5) is 16.0. The third-order valence-corrected chi connectivity index (χ3v) is 3.89. The van der Waals surface area contributed by atoms with Crippen LogP contribution >= 0.6 is 0 Å². The number of hydrogen-bond acceptors (Lipinski definition) is 3. The van der Waals surface area contributed by atoms with Crippen molar-refractivity contribution in [1.82, 2.24) is 4.98 Å². The molecule has 0 radical (unpaired) electrons. The van der Waals surface area contributed by atoms with E-state index in [0.717, 1.165) is 21.9 Å². The van der Waals surface area contributed by atoms with Crippen molar-refractivity contribution in [2.75, 3.05) is 5.32 Å². The van der Waals surface area contributed by atoms with Crippen LogP contribution in [0.4, 0.5) is 5.82 Å². The first-order valence-electron chi connectivity index (χ1n) is 7.53. The fourth-order valence-corrected chi connectivity index (χ4v) is 2.66. The van der Waals surface area contributed by atoms with Crippen LogP contribution in [0.5, 0.6) is 0 Å². The molecule has 4 nitrogen and oxygen atoms in total. The number of fused-ring (bicyclic) bond motifs is 1. The minimum Gasteiger partial charge on any atom is -0.480 e. The number of carboxylic acids is 1. The van der Waals surface area contributed by atoms with Crippen LogP contribution in [0.3, 0.4) is 0 Å². The second-order valence-corrected chi connectivity index (χ2v) is 5.56. The van der Waals surface area contributed by atoms with Gasteiger partial charge in [0.25, 0.3) is 0 Å². The zero-order chi connectivity index (χ0) is 16.2. The lowest BCUT2D eigenvalue weighted by atomic mass is 10.0. The van der Waals surface area contributed by atoms with E-state index in [0.29, 0.717) is 12.2 Å². The van der Waals surface area contributed by atoms with E-state index in [2.05, 4.69) is 10.3 Å². The second kappa shape index (κ2) is 6.48.